The Hall–Kier alpha value is -5.10. The van der Waals surface area contributed by atoms with Gasteiger partial charge in [0, 0.05) is 23.5 Å². The first-order valence-electron chi connectivity index (χ1n) is 19.0. The number of hydrogen-bond acceptors (Lipinski definition) is 7. The zero-order chi connectivity index (χ0) is 39.4. The average molecular weight is 821 g/mol. The monoisotopic (exact) mass is 819 g/mol. The maximum absolute atomic E-state index is 15.3. The molecule has 10 nitrogen and oxygen atoms in total. The molecular weight excluding hydrogens is 774 g/mol. The average Bonchev–Trinajstić information content (AvgIpc) is 3.83. The van der Waals surface area contributed by atoms with Crippen molar-refractivity contribution < 1.29 is 33.8 Å². The lowest BCUT2D eigenvalue weighted by Crippen LogP contribution is -2.59. The summed E-state index contributed by atoms with van der Waals surface area (Å²) in [6.45, 7) is 7.22. The van der Waals surface area contributed by atoms with E-state index in [9.17, 15) is 14.7 Å². The highest BCUT2D eigenvalue weighted by atomic mass is 79.9. The highest BCUT2D eigenvalue weighted by Gasteiger charge is 2.77. The summed E-state index contributed by atoms with van der Waals surface area (Å²) in [7, 11) is 0. The van der Waals surface area contributed by atoms with Gasteiger partial charge in [0.15, 0.2) is 0 Å². The van der Waals surface area contributed by atoms with E-state index < -0.39 is 72.0 Å². The molecule has 2 bridgehead atoms. The fourth-order valence-corrected chi connectivity index (χ4v) is 9.71. The van der Waals surface area contributed by atoms with Gasteiger partial charge in [0.25, 0.3) is 5.91 Å². The van der Waals surface area contributed by atoms with Gasteiger partial charge in [0.1, 0.15) is 18.2 Å². The van der Waals surface area contributed by atoms with Crippen LogP contribution in [0.2, 0.25) is 0 Å². The quantitative estimate of drug-likeness (QED) is 0.0799. The number of alkyl halides is 1. The van der Waals surface area contributed by atoms with Gasteiger partial charge in [0.2, 0.25) is 11.8 Å². The summed E-state index contributed by atoms with van der Waals surface area (Å²) in [6.07, 6.45) is 3.73. The summed E-state index contributed by atoms with van der Waals surface area (Å²) >= 11 is 3.78. The highest BCUT2D eigenvalue weighted by molar-refractivity contribution is 9.09. The van der Waals surface area contributed by atoms with Crippen molar-refractivity contribution in [1.29, 1.82) is 0 Å². The van der Waals surface area contributed by atoms with E-state index in [1.807, 2.05) is 103 Å². The van der Waals surface area contributed by atoms with E-state index in [1.165, 1.54) is 4.90 Å². The maximum atomic E-state index is 15.3. The van der Waals surface area contributed by atoms with Gasteiger partial charge in [-0.15, -0.1) is 13.2 Å². The van der Waals surface area contributed by atoms with Gasteiger partial charge in [0.05, 0.1) is 36.6 Å². The maximum Gasteiger partial charge on any atom is 0.306 e. The Balaban J connectivity index is 1.27. The molecule has 4 aromatic rings. The van der Waals surface area contributed by atoms with Gasteiger partial charge < -0.3 is 29.7 Å². The third-order valence-corrected chi connectivity index (χ3v) is 12.1. The molecule has 4 aromatic carbocycles. The number of aliphatic hydroxyl groups excluding tert-OH is 1. The molecule has 11 heteroatoms. The molecule has 3 saturated heterocycles. The van der Waals surface area contributed by atoms with Gasteiger partial charge >= 0.3 is 5.97 Å². The van der Waals surface area contributed by atoms with Crippen LogP contribution in [-0.2, 0) is 35.1 Å². The SMILES string of the molecule is C=CCCC(=O)OC[C@H](NC(=O)[C@@H]1[C@H]2O[C@@]3(CC2Br)[C@H](C(=O)N(CC=C)c2ccc4ccccc4c2)N([C@@H](CO)Cc2ccccc2)C(=O)[C@@H]13)c1ccccc1. The minimum atomic E-state index is -1.39. The van der Waals surface area contributed by atoms with E-state index in [-0.39, 0.29) is 37.2 Å². The lowest BCUT2D eigenvalue weighted by atomic mass is 9.70. The molecule has 56 heavy (non-hydrogen) atoms. The van der Waals surface area contributed by atoms with Crippen LogP contribution in [-0.4, -0.2) is 82.1 Å². The Morgan fingerprint density at radius 2 is 1.68 bits per heavy atom. The fraction of sp³-hybridized carbons (Fsp3) is 0.333. The molecule has 290 valence electrons. The number of halogens is 1. The van der Waals surface area contributed by atoms with Gasteiger partial charge in [-0.1, -0.05) is 119 Å². The van der Waals surface area contributed by atoms with E-state index in [1.54, 1.807) is 17.1 Å². The highest BCUT2D eigenvalue weighted by Crippen LogP contribution is 2.60. The number of amides is 3. The van der Waals surface area contributed by atoms with E-state index in [0.717, 1.165) is 21.9 Å². The molecule has 0 aromatic heterocycles. The van der Waals surface area contributed by atoms with Crippen LogP contribution in [0.15, 0.2) is 128 Å². The molecule has 1 unspecified atom stereocenters. The van der Waals surface area contributed by atoms with Crippen molar-refractivity contribution in [2.45, 2.75) is 60.3 Å². The lowest BCUT2D eigenvalue weighted by Gasteiger charge is -2.39. The number of ether oxygens (including phenoxy) is 2. The number of carbonyl (C=O) groups excluding carboxylic acids is 4. The predicted octanol–water partition coefficient (Wildman–Crippen LogP) is 6.08. The molecule has 1 spiro atoms. The number of allylic oxidation sites excluding steroid dienone is 1. The Bertz CT molecular complexity index is 2100. The van der Waals surface area contributed by atoms with E-state index >= 15 is 9.59 Å². The molecule has 3 heterocycles. The normalized spacial score (nSPS) is 24.6. The van der Waals surface area contributed by atoms with Gasteiger partial charge in [-0.05, 0) is 53.3 Å². The van der Waals surface area contributed by atoms with Crippen molar-refractivity contribution in [1.82, 2.24) is 10.2 Å². The van der Waals surface area contributed by atoms with Crippen molar-refractivity contribution >= 4 is 56.1 Å². The van der Waals surface area contributed by atoms with Crippen molar-refractivity contribution in [2.75, 3.05) is 24.7 Å². The predicted molar refractivity (Wildman–Crippen MR) is 218 cm³/mol. The molecule has 0 aliphatic carbocycles. The second-order valence-electron chi connectivity index (χ2n) is 14.7. The van der Waals surface area contributed by atoms with Crippen LogP contribution in [0, 0.1) is 11.8 Å². The number of benzene rings is 4. The van der Waals surface area contributed by atoms with Crippen LogP contribution in [0.4, 0.5) is 5.69 Å². The number of nitrogens with one attached hydrogen (secondary N) is 1. The molecule has 8 atom stereocenters. The molecule has 3 aliphatic rings. The topological polar surface area (TPSA) is 125 Å². The summed E-state index contributed by atoms with van der Waals surface area (Å²) in [5.74, 6) is -3.72. The summed E-state index contributed by atoms with van der Waals surface area (Å²) in [4.78, 5) is 60.4. The van der Waals surface area contributed by atoms with Crippen LogP contribution in [0.25, 0.3) is 10.8 Å². The second-order valence-corrected chi connectivity index (χ2v) is 15.9. The van der Waals surface area contributed by atoms with Gasteiger partial charge in [-0.2, -0.15) is 0 Å². The van der Waals surface area contributed by atoms with E-state index in [0.29, 0.717) is 12.1 Å². The van der Waals surface area contributed by atoms with E-state index in [2.05, 4.69) is 34.4 Å². The number of esters is 1. The Morgan fingerprint density at radius 1 is 0.982 bits per heavy atom. The number of fused-ring (bicyclic) bond motifs is 2. The van der Waals surface area contributed by atoms with Gasteiger partial charge in [-0.25, -0.2) is 0 Å². The molecule has 2 N–H and O–H groups in total. The van der Waals surface area contributed by atoms with Crippen LogP contribution in [0.3, 0.4) is 0 Å². The number of rotatable bonds is 16. The standard InChI is InChI=1S/C45H46BrN3O7/c1-3-5-20-37(51)55-28-36(31-17-10-7-11-18-31)47-42(52)38-39-43(53)49(34(27-50)24-29-14-8-6-9-15-29)41(45(39)26-35(46)40(38)56-45)44(54)48(23-4-2)33-22-21-30-16-12-13-19-32(30)25-33/h3-4,6-19,21-22,25,34-36,38-41,50H,1-2,5,20,23-24,26-28H2,(H,47,52)/t34-,35?,36+,38+,39-,40+,41+,45-/m1/s1. The number of nitrogens with zero attached hydrogens (tertiary/aromatic N) is 2. The van der Waals surface area contributed by atoms with Crippen LogP contribution in [0.1, 0.15) is 36.4 Å². The van der Waals surface area contributed by atoms with E-state index in [4.69, 9.17) is 9.47 Å². The summed E-state index contributed by atoms with van der Waals surface area (Å²) in [5.41, 5.74) is 0.825. The zero-order valence-corrected chi connectivity index (χ0v) is 32.6. The molecule has 7 rings (SSSR count). The number of hydrogen-bond donors (Lipinski definition) is 2. The number of anilines is 1. The molecule has 0 saturated carbocycles. The Labute approximate surface area is 335 Å². The Kier molecular flexibility index (Phi) is 11.8. The van der Waals surface area contributed by atoms with Crippen LogP contribution < -0.4 is 10.2 Å². The van der Waals surface area contributed by atoms with Crippen molar-refractivity contribution in [2.24, 2.45) is 11.8 Å². The summed E-state index contributed by atoms with van der Waals surface area (Å²) < 4.78 is 12.5. The van der Waals surface area contributed by atoms with Crippen molar-refractivity contribution in [3.05, 3.63) is 140 Å². The third-order valence-electron chi connectivity index (χ3n) is 11.3. The number of likely N-dealkylation sites (tertiary alicyclic amines) is 1. The first-order valence-corrected chi connectivity index (χ1v) is 19.9. The molecule has 3 fully saturated rings. The van der Waals surface area contributed by atoms with Crippen LogP contribution >= 0.6 is 15.9 Å². The first-order chi connectivity index (χ1) is 27.2. The summed E-state index contributed by atoms with van der Waals surface area (Å²) in [6, 6.07) is 29.6. The fourth-order valence-electron chi connectivity index (χ4n) is 8.76. The van der Waals surface area contributed by atoms with Gasteiger partial charge in [-0.3, -0.25) is 19.2 Å². The minimum absolute atomic E-state index is 0.120. The molecule has 3 aliphatic heterocycles. The molecule has 3 amide bonds. The third kappa shape index (κ3) is 7.43. The Morgan fingerprint density at radius 3 is 2.38 bits per heavy atom. The number of aliphatic hydroxyl groups is 1. The summed E-state index contributed by atoms with van der Waals surface area (Å²) in [5, 5.41) is 16.0. The minimum Gasteiger partial charge on any atom is -0.463 e. The van der Waals surface area contributed by atoms with Crippen LogP contribution in [0.5, 0.6) is 0 Å². The smallest absolute Gasteiger partial charge is 0.306 e. The first kappa shape index (κ1) is 39.1. The second kappa shape index (κ2) is 17.0. The lowest BCUT2D eigenvalue weighted by molar-refractivity contribution is -0.146. The zero-order valence-electron chi connectivity index (χ0n) is 31.0. The number of carbonyl (C=O) groups is 4. The van der Waals surface area contributed by atoms with Crippen molar-refractivity contribution in [3.8, 4) is 0 Å². The van der Waals surface area contributed by atoms with Crippen molar-refractivity contribution in [3.63, 3.8) is 0 Å². The largest absolute Gasteiger partial charge is 0.463 e. The molecular formula is C45H46BrN3O7. The molecule has 0 radical (unpaired) electrons.